The summed E-state index contributed by atoms with van der Waals surface area (Å²) in [5, 5.41) is 6.96. The fourth-order valence-electron chi connectivity index (χ4n) is 2.44. The third-order valence-corrected chi connectivity index (χ3v) is 3.85. The van der Waals surface area contributed by atoms with Gasteiger partial charge < -0.3 is 5.32 Å². The zero-order chi connectivity index (χ0) is 18.5. The van der Waals surface area contributed by atoms with Crippen molar-refractivity contribution in [3.63, 3.8) is 0 Å². The van der Waals surface area contributed by atoms with Crippen LogP contribution in [0.4, 0.5) is 8.78 Å². The molecule has 1 N–H and O–H groups in total. The largest absolute Gasteiger partial charge is 0.346 e. The lowest BCUT2D eigenvalue weighted by molar-refractivity contribution is -0.117. The number of hydrogen-bond donors (Lipinski definition) is 1. The fraction of sp³-hybridized carbons (Fsp3) is 0.100. The Hall–Kier alpha value is -3.28. The Morgan fingerprint density at radius 1 is 1.15 bits per heavy atom. The smallest absolute Gasteiger partial charge is 0.244 e. The van der Waals surface area contributed by atoms with Crippen LogP contribution in [0.1, 0.15) is 24.1 Å². The van der Waals surface area contributed by atoms with E-state index in [1.165, 1.54) is 12.1 Å². The minimum absolute atomic E-state index is 0.338. The molecule has 6 heteroatoms. The highest BCUT2D eigenvalue weighted by Crippen LogP contribution is 2.16. The number of carbonyl (C=O) groups is 1. The van der Waals surface area contributed by atoms with Crippen LogP contribution in [-0.2, 0) is 4.79 Å². The van der Waals surface area contributed by atoms with Gasteiger partial charge in [0.1, 0.15) is 0 Å². The van der Waals surface area contributed by atoms with E-state index in [2.05, 4.69) is 10.4 Å². The molecule has 1 amide bonds. The SMILES string of the molecule is CC(NC(=O)/C=C/c1cnn(-c2ccccc2)c1)c1ccc(F)c(F)c1. The standard InChI is InChI=1S/C20H17F2N3O/c1-14(16-8-9-18(21)19(22)11-16)24-20(26)10-7-15-12-23-25(13-15)17-5-3-2-4-6-17/h2-14H,1H3,(H,24,26)/b10-7+. The number of halogens is 2. The second-order valence-electron chi connectivity index (χ2n) is 5.79. The van der Waals surface area contributed by atoms with Gasteiger partial charge in [-0.3, -0.25) is 4.79 Å². The summed E-state index contributed by atoms with van der Waals surface area (Å²) in [5.74, 6) is -2.19. The highest BCUT2D eigenvalue weighted by Gasteiger charge is 2.10. The van der Waals surface area contributed by atoms with Crippen molar-refractivity contribution in [1.29, 1.82) is 0 Å². The van der Waals surface area contributed by atoms with Gasteiger partial charge in [0, 0.05) is 17.8 Å². The van der Waals surface area contributed by atoms with Gasteiger partial charge in [0.25, 0.3) is 0 Å². The number of nitrogens with one attached hydrogen (secondary N) is 1. The predicted octanol–water partition coefficient (Wildman–Crippen LogP) is 4.04. The molecule has 0 bridgehead atoms. The van der Waals surface area contributed by atoms with E-state index in [-0.39, 0.29) is 5.91 Å². The second kappa shape index (κ2) is 7.74. The van der Waals surface area contributed by atoms with Crippen molar-refractivity contribution in [2.75, 3.05) is 0 Å². The van der Waals surface area contributed by atoms with Crippen molar-refractivity contribution in [3.8, 4) is 5.69 Å². The van der Waals surface area contributed by atoms with Crippen molar-refractivity contribution in [2.24, 2.45) is 0 Å². The van der Waals surface area contributed by atoms with Crippen LogP contribution in [0.2, 0.25) is 0 Å². The maximum atomic E-state index is 13.3. The van der Waals surface area contributed by atoms with E-state index in [1.807, 2.05) is 30.3 Å². The molecule has 0 saturated carbocycles. The normalized spacial score (nSPS) is 12.3. The monoisotopic (exact) mass is 353 g/mol. The van der Waals surface area contributed by atoms with Gasteiger partial charge in [0.2, 0.25) is 5.91 Å². The molecule has 3 aromatic rings. The Morgan fingerprint density at radius 3 is 2.65 bits per heavy atom. The van der Waals surface area contributed by atoms with Gasteiger partial charge >= 0.3 is 0 Å². The van der Waals surface area contributed by atoms with Crippen molar-refractivity contribution < 1.29 is 13.6 Å². The summed E-state index contributed by atoms with van der Waals surface area (Å²) in [4.78, 5) is 12.0. The number of benzene rings is 2. The lowest BCUT2D eigenvalue weighted by Crippen LogP contribution is -2.24. The maximum Gasteiger partial charge on any atom is 0.244 e. The lowest BCUT2D eigenvalue weighted by Gasteiger charge is -2.13. The van der Waals surface area contributed by atoms with Gasteiger partial charge in [-0.1, -0.05) is 24.3 Å². The lowest BCUT2D eigenvalue weighted by atomic mass is 10.1. The number of rotatable bonds is 5. The molecule has 3 rings (SSSR count). The van der Waals surface area contributed by atoms with E-state index >= 15 is 0 Å². The fourth-order valence-corrected chi connectivity index (χ4v) is 2.44. The zero-order valence-corrected chi connectivity index (χ0v) is 14.1. The van der Waals surface area contributed by atoms with E-state index in [0.717, 1.165) is 23.4 Å². The summed E-state index contributed by atoms with van der Waals surface area (Å²) in [6, 6.07) is 12.7. The third kappa shape index (κ3) is 4.22. The Morgan fingerprint density at radius 2 is 1.92 bits per heavy atom. The third-order valence-electron chi connectivity index (χ3n) is 3.85. The van der Waals surface area contributed by atoms with E-state index in [4.69, 9.17) is 0 Å². The molecule has 0 spiro atoms. The molecule has 132 valence electrons. The highest BCUT2D eigenvalue weighted by atomic mass is 19.2. The number of hydrogen-bond acceptors (Lipinski definition) is 2. The molecule has 26 heavy (non-hydrogen) atoms. The summed E-state index contributed by atoms with van der Waals surface area (Å²) >= 11 is 0. The van der Waals surface area contributed by atoms with E-state index in [0.29, 0.717) is 5.56 Å². The van der Waals surface area contributed by atoms with Crippen LogP contribution in [0, 0.1) is 11.6 Å². The van der Waals surface area contributed by atoms with Gasteiger partial charge in [-0.05, 0) is 42.8 Å². The van der Waals surface area contributed by atoms with Crippen molar-refractivity contribution in [3.05, 3.63) is 89.8 Å². The molecule has 1 heterocycles. The average Bonchev–Trinajstić information content (AvgIpc) is 3.12. The topological polar surface area (TPSA) is 46.9 Å². The number of carbonyl (C=O) groups excluding carboxylic acids is 1. The first-order chi connectivity index (χ1) is 12.5. The summed E-state index contributed by atoms with van der Waals surface area (Å²) in [6.07, 6.45) is 6.47. The van der Waals surface area contributed by atoms with Crippen LogP contribution < -0.4 is 5.32 Å². The van der Waals surface area contributed by atoms with Crippen LogP contribution in [0.5, 0.6) is 0 Å². The van der Waals surface area contributed by atoms with Crippen LogP contribution in [0.3, 0.4) is 0 Å². The van der Waals surface area contributed by atoms with E-state index < -0.39 is 17.7 Å². The zero-order valence-electron chi connectivity index (χ0n) is 14.1. The molecule has 1 aromatic heterocycles. The van der Waals surface area contributed by atoms with Crippen LogP contribution in [0.25, 0.3) is 11.8 Å². The molecule has 0 radical (unpaired) electrons. The Kier molecular flexibility index (Phi) is 5.22. The van der Waals surface area contributed by atoms with Gasteiger partial charge in [-0.15, -0.1) is 0 Å². The molecule has 0 aliphatic rings. The molecule has 2 aromatic carbocycles. The second-order valence-corrected chi connectivity index (χ2v) is 5.79. The summed E-state index contributed by atoms with van der Waals surface area (Å²) in [5.41, 5.74) is 2.18. The number of nitrogens with zero attached hydrogens (tertiary/aromatic N) is 2. The molecule has 0 aliphatic carbocycles. The molecule has 1 unspecified atom stereocenters. The van der Waals surface area contributed by atoms with Gasteiger partial charge in [0.05, 0.1) is 17.9 Å². The van der Waals surface area contributed by atoms with E-state index in [1.54, 1.807) is 30.1 Å². The predicted molar refractivity (Wildman–Crippen MR) is 95.5 cm³/mol. The number of aromatic nitrogens is 2. The minimum Gasteiger partial charge on any atom is -0.346 e. The quantitative estimate of drug-likeness (QED) is 0.704. The Labute approximate surface area is 149 Å². The van der Waals surface area contributed by atoms with Crippen LogP contribution >= 0.6 is 0 Å². The Bertz CT molecular complexity index is 935. The van der Waals surface area contributed by atoms with Crippen LogP contribution in [0.15, 0.2) is 67.0 Å². The molecule has 4 nitrogen and oxygen atoms in total. The molecule has 0 fully saturated rings. The van der Waals surface area contributed by atoms with Crippen molar-refractivity contribution in [2.45, 2.75) is 13.0 Å². The molecular weight excluding hydrogens is 336 g/mol. The maximum absolute atomic E-state index is 13.3. The first-order valence-corrected chi connectivity index (χ1v) is 8.06. The average molecular weight is 353 g/mol. The molecule has 0 aliphatic heterocycles. The molecule has 1 atom stereocenters. The molecular formula is C20H17F2N3O. The van der Waals surface area contributed by atoms with Crippen molar-refractivity contribution in [1.82, 2.24) is 15.1 Å². The van der Waals surface area contributed by atoms with Gasteiger partial charge in [-0.25, -0.2) is 13.5 Å². The first kappa shape index (κ1) is 17.5. The first-order valence-electron chi connectivity index (χ1n) is 8.06. The number of amides is 1. The summed E-state index contributed by atoms with van der Waals surface area (Å²) < 4.78 is 28.0. The highest BCUT2D eigenvalue weighted by molar-refractivity contribution is 5.91. The van der Waals surface area contributed by atoms with Gasteiger partial charge in [-0.2, -0.15) is 5.10 Å². The summed E-state index contributed by atoms with van der Waals surface area (Å²) in [7, 11) is 0. The number of para-hydroxylation sites is 1. The molecule has 0 saturated heterocycles. The Balaban J connectivity index is 1.62. The van der Waals surface area contributed by atoms with Crippen LogP contribution in [-0.4, -0.2) is 15.7 Å². The summed E-state index contributed by atoms with van der Waals surface area (Å²) in [6.45, 7) is 1.70. The van der Waals surface area contributed by atoms with Crippen molar-refractivity contribution >= 4 is 12.0 Å². The van der Waals surface area contributed by atoms with Gasteiger partial charge in [0.15, 0.2) is 11.6 Å². The minimum atomic E-state index is -0.938. The van der Waals surface area contributed by atoms with E-state index in [9.17, 15) is 13.6 Å².